The highest BCUT2D eigenvalue weighted by molar-refractivity contribution is 5.97. The Labute approximate surface area is 205 Å². The highest BCUT2D eigenvalue weighted by atomic mass is 19.1. The van der Waals surface area contributed by atoms with Crippen molar-refractivity contribution in [1.82, 2.24) is 25.7 Å². The first-order valence-electron chi connectivity index (χ1n) is 11.6. The number of anilines is 1. The molecule has 1 aromatic carbocycles. The van der Waals surface area contributed by atoms with Crippen LogP contribution in [0.25, 0.3) is 5.70 Å². The van der Waals surface area contributed by atoms with Gasteiger partial charge in [0.05, 0.1) is 29.8 Å². The van der Waals surface area contributed by atoms with Crippen molar-refractivity contribution in [2.75, 3.05) is 11.9 Å². The van der Waals surface area contributed by atoms with E-state index in [0.29, 0.717) is 17.9 Å². The van der Waals surface area contributed by atoms with Crippen molar-refractivity contribution >= 4 is 17.3 Å². The maximum atomic E-state index is 13.7. The molecule has 1 aromatic heterocycles. The van der Waals surface area contributed by atoms with Crippen molar-refractivity contribution in [1.29, 1.82) is 0 Å². The van der Waals surface area contributed by atoms with Crippen LogP contribution in [0.2, 0.25) is 0 Å². The van der Waals surface area contributed by atoms with Gasteiger partial charge in [-0.3, -0.25) is 4.79 Å². The van der Waals surface area contributed by atoms with Gasteiger partial charge in [0.25, 0.3) is 5.91 Å². The number of amides is 1. The van der Waals surface area contributed by atoms with Gasteiger partial charge in [0.1, 0.15) is 0 Å². The lowest BCUT2D eigenvalue weighted by molar-refractivity contribution is -0.117. The highest BCUT2D eigenvalue weighted by Gasteiger charge is 2.20. The maximum absolute atomic E-state index is 13.7. The summed E-state index contributed by atoms with van der Waals surface area (Å²) >= 11 is 0. The topological polar surface area (TPSA) is 83.0 Å². The molecule has 1 atom stereocenters. The number of carbonyl (C=O) groups excluding carboxylic acids is 1. The predicted octanol–water partition coefficient (Wildman–Crippen LogP) is 3.98. The molecule has 1 amide bonds. The minimum atomic E-state index is -0.494. The quantitative estimate of drug-likeness (QED) is 0.344. The van der Waals surface area contributed by atoms with E-state index < -0.39 is 5.82 Å². The number of halogens is 1. The van der Waals surface area contributed by atoms with Crippen molar-refractivity contribution in [3.8, 4) is 0 Å². The summed E-state index contributed by atoms with van der Waals surface area (Å²) in [5, 5.41) is 16.8. The fraction of sp³-hybridized carbons (Fsp3) is 0.259. The Hall–Kier alpha value is -4.07. The number of rotatable bonds is 8. The summed E-state index contributed by atoms with van der Waals surface area (Å²) in [5.41, 5.74) is 6.17. The number of allylic oxidation sites excluding steroid dienone is 2. The van der Waals surface area contributed by atoms with E-state index in [4.69, 9.17) is 0 Å². The van der Waals surface area contributed by atoms with Crippen LogP contribution in [0.5, 0.6) is 0 Å². The minimum absolute atomic E-state index is 0.0316. The van der Waals surface area contributed by atoms with Crippen LogP contribution in [-0.4, -0.2) is 28.3 Å². The molecule has 7 nitrogen and oxygen atoms in total. The van der Waals surface area contributed by atoms with Crippen molar-refractivity contribution in [2.24, 2.45) is 0 Å². The third-order valence-corrected chi connectivity index (χ3v) is 6.14. The third-order valence-electron chi connectivity index (χ3n) is 6.14. The highest BCUT2D eigenvalue weighted by Crippen LogP contribution is 2.27. The summed E-state index contributed by atoms with van der Waals surface area (Å²) in [5.74, 6) is -0.840. The lowest BCUT2D eigenvalue weighted by Crippen LogP contribution is -2.40. The van der Waals surface area contributed by atoms with E-state index in [9.17, 15) is 9.18 Å². The second-order valence-corrected chi connectivity index (χ2v) is 8.83. The molecule has 1 unspecified atom stereocenters. The summed E-state index contributed by atoms with van der Waals surface area (Å²) in [6.45, 7) is 17.3. The average Bonchev–Trinajstić information content (AvgIpc) is 3.27. The van der Waals surface area contributed by atoms with Crippen molar-refractivity contribution in [3.63, 3.8) is 0 Å². The Morgan fingerprint density at radius 3 is 2.86 bits per heavy atom. The van der Waals surface area contributed by atoms with Crippen LogP contribution in [0, 0.1) is 5.82 Å². The number of carbonyl (C=O) groups is 1. The molecule has 182 valence electrons. The van der Waals surface area contributed by atoms with Gasteiger partial charge in [0, 0.05) is 35.7 Å². The molecule has 35 heavy (non-hydrogen) atoms. The Morgan fingerprint density at radius 1 is 1.29 bits per heavy atom. The lowest BCUT2D eigenvalue weighted by atomic mass is 10.00. The van der Waals surface area contributed by atoms with Crippen LogP contribution < -0.4 is 21.3 Å². The fourth-order valence-electron chi connectivity index (χ4n) is 4.15. The van der Waals surface area contributed by atoms with Gasteiger partial charge in [-0.2, -0.15) is 5.10 Å². The zero-order valence-electron chi connectivity index (χ0n) is 19.8. The first-order chi connectivity index (χ1) is 16.8. The van der Waals surface area contributed by atoms with Crippen molar-refractivity contribution in [2.45, 2.75) is 38.3 Å². The van der Waals surface area contributed by atoms with Gasteiger partial charge in [-0.1, -0.05) is 38.4 Å². The van der Waals surface area contributed by atoms with E-state index in [1.54, 1.807) is 6.08 Å². The van der Waals surface area contributed by atoms with Crippen LogP contribution >= 0.6 is 0 Å². The molecular weight excluding hydrogens is 443 g/mol. The summed E-state index contributed by atoms with van der Waals surface area (Å²) in [4.78, 5) is 12.8. The molecule has 0 bridgehead atoms. The monoisotopic (exact) mass is 474 g/mol. The van der Waals surface area contributed by atoms with Crippen LogP contribution in [-0.2, 0) is 17.8 Å². The Balaban J connectivity index is 1.45. The van der Waals surface area contributed by atoms with Gasteiger partial charge in [-0.15, -0.1) is 0 Å². The molecule has 3 heterocycles. The molecule has 0 aliphatic carbocycles. The minimum Gasteiger partial charge on any atom is -0.387 e. The number of hydrogen-bond donors (Lipinski definition) is 4. The molecule has 8 heteroatoms. The normalized spacial score (nSPS) is 17.6. The molecule has 2 aliphatic rings. The van der Waals surface area contributed by atoms with Crippen molar-refractivity contribution < 1.29 is 9.18 Å². The first kappa shape index (κ1) is 24.1. The lowest BCUT2D eigenvalue weighted by Gasteiger charge is -2.29. The molecule has 1 fully saturated rings. The number of nitrogens with one attached hydrogen (secondary N) is 4. The zero-order chi connectivity index (χ0) is 24.9. The summed E-state index contributed by atoms with van der Waals surface area (Å²) in [7, 11) is 0. The van der Waals surface area contributed by atoms with E-state index in [2.05, 4.69) is 58.7 Å². The Kier molecular flexibility index (Phi) is 7.19. The van der Waals surface area contributed by atoms with E-state index in [1.165, 1.54) is 16.4 Å². The Morgan fingerprint density at radius 2 is 2.11 bits per heavy atom. The number of fused-ring (bicyclic) bond motifs is 1. The summed E-state index contributed by atoms with van der Waals surface area (Å²) in [6.07, 6.45) is 7.62. The van der Waals surface area contributed by atoms with Crippen molar-refractivity contribution in [3.05, 3.63) is 103 Å². The second-order valence-electron chi connectivity index (χ2n) is 8.83. The largest absolute Gasteiger partial charge is 0.387 e. The number of aromatic nitrogens is 2. The van der Waals surface area contributed by atoms with E-state index in [-0.39, 0.29) is 17.5 Å². The fourth-order valence-corrected chi connectivity index (χ4v) is 4.15. The van der Waals surface area contributed by atoms with Gasteiger partial charge in [0.15, 0.2) is 5.82 Å². The summed E-state index contributed by atoms with van der Waals surface area (Å²) < 4.78 is 15.1. The zero-order valence-corrected chi connectivity index (χ0v) is 19.8. The first-order valence-corrected chi connectivity index (χ1v) is 11.6. The molecule has 0 radical (unpaired) electrons. The van der Waals surface area contributed by atoms with Crippen LogP contribution in [0.15, 0.2) is 85.6 Å². The number of aryl methyl sites for hydroxylation is 1. The van der Waals surface area contributed by atoms with Crippen LogP contribution in [0.1, 0.15) is 30.4 Å². The number of hydrogen-bond acceptors (Lipinski definition) is 5. The van der Waals surface area contributed by atoms with Gasteiger partial charge in [0.2, 0.25) is 0 Å². The number of nitrogens with zero attached hydrogens (tertiary/aromatic N) is 2. The van der Waals surface area contributed by atoms with E-state index in [0.717, 1.165) is 61.1 Å². The predicted molar refractivity (Wildman–Crippen MR) is 137 cm³/mol. The molecule has 2 aromatic rings. The molecular formula is C27H31FN6O. The molecule has 0 spiro atoms. The number of benzene rings is 1. The van der Waals surface area contributed by atoms with Gasteiger partial charge >= 0.3 is 0 Å². The van der Waals surface area contributed by atoms with E-state index >= 15 is 0 Å². The Bertz CT molecular complexity index is 1220. The van der Waals surface area contributed by atoms with Crippen LogP contribution in [0.4, 0.5) is 10.1 Å². The third kappa shape index (κ3) is 5.90. The smallest absolute Gasteiger partial charge is 0.251 e. The standard InChI is InChI=1S/C27H31FN6O/c1-17(27(35)30-14-21-8-10-22-9-7-18(2)32-25(22)13-21)12-26(34-16-23(28)15-31-34)20(4)33-24-6-5-11-29-19(24)3/h8,10,12-13,15-16,24,29,32-33H,1-7,9,11,14H2,(H,30,35)/b26-12-. The van der Waals surface area contributed by atoms with Gasteiger partial charge < -0.3 is 21.3 Å². The molecule has 2 aliphatic heterocycles. The number of piperidine rings is 1. The maximum Gasteiger partial charge on any atom is 0.251 e. The van der Waals surface area contributed by atoms with Gasteiger partial charge in [-0.05, 0) is 49.0 Å². The molecule has 0 saturated carbocycles. The molecule has 4 rings (SSSR count). The van der Waals surface area contributed by atoms with Gasteiger partial charge in [-0.25, -0.2) is 9.07 Å². The summed E-state index contributed by atoms with van der Waals surface area (Å²) in [6, 6.07) is 6.06. The SMILES string of the molecule is C=C1CCc2ccc(CNC(=O)C(=C)/C=C(/C(=C)NC3CCCNC3=C)n3cc(F)cn3)cc2N1. The second kappa shape index (κ2) is 10.5. The van der Waals surface area contributed by atoms with E-state index in [1.807, 2.05) is 12.1 Å². The average molecular weight is 475 g/mol. The molecule has 1 saturated heterocycles. The molecule has 4 N–H and O–H groups in total. The van der Waals surface area contributed by atoms with Crippen LogP contribution in [0.3, 0.4) is 0 Å².